The van der Waals surface area contributed by atoms with Gasteiger partial charge in [-0.05, 0) is 24.6 Å². The summed E-state index contributed by atoms with van der Waals surface area (Å²) in [5, 5.41) is 0.959. The molecule has 116 valence electrons. The van der Waals surface area contributed by atoms with Crippen LogP contribution in [0.5, 0.6) is 5.75 Å². The van der Waals surface area contributed by atoms with Crippen molar-refractivity contribution in [1.29, 1.82) is 0 Å². The van der Waals surface area contributed by atoms with E-state index in [1.807, 2.05) is 31.2 Å². The minimum atomic E-state index is -0.00628. The molecule has 0 bridgehead atoms. The smallest absolute Gasteiger partial charge is 0.247 e. The van der Waals surface area contributed by atoms with Gasteiger partial charge in [0.15, 0.2) is 11.3 Å². The van der Waals surface area contributed by atoms with Crippen LogP contribution in [0.4, 0.5) is 0 Å². The van der Waals surface area contributed by atoms with Gasteiger partial charge < -0.3 is 18.8 Å². The minimum absolute atomic E-state index is 0.00628. The summed E-state index contributed by atoms with van der Waals surface area (Å²) in [4.78, 5) is 14.0. The monoisotopic (exact) mass is 301 g/mol. The van der Waals surface area contributed by atoms with E-state index in [1.165, 1.54) is 0 Å². The number of nitrogens with zero attached hydrogens (tertiary/aromatic N) is 1. The van der Waals surface area contributed by atoms with Crippen molar-refractivity contribution >= 4 is 22.4 Å². The maximum absolute atomic E-state index is 12.2. The van der Waals surface area contributed by atoms with Crippen molar-refractivity contribution < 1.29 is 18.7 Å². The number of carbonyl (C=O) groups excluding carboxylic acids is 1. The summed E-state index contributed by atoms with van der Waals surface area (Å²) in [5.74, 6) is 1.37. The number of carbonyl (C=O) groups is 1. The average Bonchev–Trinajstić information content (AvgIpc) is 2.99. The number of benzene rings is 1. The number of morpholine rings is 1. The molecule has 0 saturated carbocycles. The Morgan fingerprint density at radius 1 is 1.32 bits per heavy atom. The fourth-order valence-electron chi connectivity index (χ4n) is 2.52. The van der Waals surface area contributed by atoms with E-state index in [-0.39, 0.29) is 5.91 Å². The Bertz CT molecular complexity index is 711. The number of fused-ring (bicyclic) bond motifs is 1. The molecule has 0 N–H and O–H groups in total. The van der Waals surface area contributed by atoms with E-state index in [0.717, 1.165) is 11.0 Å². The van der Waals surface area contributed by atoms with Crippen LogP contribution < -0.4 is 4.74 Å². The number of furan rings is 1. The topological polar surface area (TPSA) is 51.9 Å². The van der Waals surface area contributed by atoms with Crippen LogP contribution in [0.15, 0.2) is 34.8 Å². The zero-order valence-corrected chi connectivity index (χ0v) is 12.8. The Labute approximate surface area is 129 Å². The summed E-state index contributed by atoms with van der Waals surface area (Å²) >= 11 is 0. The molecule has 1 aromatic carbocycles. The lowest BCUT2D eigenvalue weighted by Gasteiger charge is -2.25. The number of allylic oxidation sites excluding steroid dienone is 1. The molecule has 2 aromatic rings. The summed E-state index contributed by atoms with van der Waals surface area (Å²) in [6.07, 6.45) is 1.62. The molecule has 0 unspecified atom stereocenters. The summed E-state index contributed by atoms with van der Waals surface area (Å²) in [5.41, 5.74) is 1.50. The van der Waals surface area contributed by atoms with Gasteiger partial charge in [0.25, 0.3) is 0 Å². The molecule has 1 fully saturated rings. The van der Waals surface area contributed by atoms with E-state index in [0.29, 0.717) is 43.4 Å². The quantitative estimate of drug-likeness (QED) is 0.818. The Balaban J connectivity index is 1.86. The van der Waals surface area contributed by atoms with Gasteiger partial charge in [0.05, 0.1) is 20.3 Å². The van der Waals surface area contributed by atoms with E-state index in [2.05, 4.69) is 0 Å². The lowest BCUT2D eigenvalue weighted by molar-refractivity contribution is -0.129. The van der Waals surface area contributed by atoms with Gasteiger partial charge in [0, 0.05) is 24.6 Å². The zero-order valence-electron chi connectivity index (χ0n) is 12.8. The Hall–Kier alpha value is -2.27. The van der Waals surface area contributed by atoms with Crippen molar-refractivity contribution in [2.24, 2.45) is 0 Å². The van der Waals surface area contributed by atoms with E-state index >= 15 is 0 Å². The molecule has 2 heterocycles. The van der Waals surface area contributed by atoms with Crippen LogP contribution >= 0.6 is 0 Å². The van der Waals surface area contributed by atoms with Gasteiger partial charge in [-0.25, -0.2) is 0 Å². The first-order valence-electron chi connectivity index (χ1n) is 7.31. The fraction of sp³-hybridized carbons (Fsp3) is 0.353. The lowest BCUT2D eigenvalue weighted by atomic mass is 10.2. The number of ether oxygens (including phenoxy) is 2. The van der Waals surface area contributed by atoms with Gasteiger partial charge in [0.1, 0.15) is 5.76 Å². The molecule has 1 saturated heterocycles. The molecule has 5 heteroatoms. The van der Waals surface area contributed by atoms with Gasteiger partial charge in [-0.15, -0.1) is 0 Å². The standard InChI is InChI=1S/C17H19NO4/c1-12(10-16(19)18-6-8-21-9-7-18)15-11-13-4-3-5-14(20-2)17(13)22-15/h3-5,10-11H,6-9H2,1-2H3/b12-10+. The number of hydrogen-bond acceptors (Lipinski definition) is 4. The summed E-state index contributed by atoms with van der Waals surface area (Å²) in [6.45, 7) is 4.34. The first-order chi connectivity index (χ1) is 10.7. The second-order valence-electron chi connectivity index (χ2n) is 5.25. The van der Waals surface area contributed by atoms with Crippen molar-refractivity contribution in [2.75, 3.05) is 33.4 Å². The number of rotatable bonds is 3. The van der Waals surface area contributed by atoms with Crippen LogP contribution in [-0.2, 0) is 9.53 Å². The highest BCUT2D eigenvalue weighted by Crippen LogP contribution is 2.31. The van der Waals surface area contributed by atoms with Crippen molar-refractivity contribution in [1.82, 2.24) is 4.90 Å². The van der Waals surface area contributed by atoms with Crippen LogP contribution in [-0.4, -0.2) is 44.2 Å². The number of para-hydroxylation sites is 1. The number of amides is 1. The van der Waals surface area contributed by atoms with Crippen molar-refractivity contribution in [2.45, 2.75) is 6.92 Å². The highest BCUT2D eigenvalue weighted by Gasteiger charge is 2.16. The molecule has 22 heavy (non-hydrogen) atoms. The van der Waals surface area contributed by atoms with Gasteiger partial charge in [-0.1, -0.05) is 12.1 Å². The normalized spacial score (nSPS) is 16.1. The molecule has 0 aliphatic carbocycles. The first kappa shape index (κ1) is 14.7. The molecular formula is C17H19NO4. The minimum Gasteiger partial charge on any atom is -0.493 e. The maximum atomic E-state index is 12.2. The molecule has 0 atom stereocenters. The highest BCUT2D eigenvalue weighted by atomic mass is 16.5. The first-order valence-corrected chi connectivity index (χ1v) is 7.31. The van der Waals surface area contributed by atoms with E-state index in [9.17, 15) is 4.79 Å². The van der Waals surface area contributed by atoms with Crippen LogP contribution in [0, 0.1) is 0 Å². The molecule has 1 aliphatic rings. The predicted molar refractivity (Wildman–Crippen MR) is 83.8 cm³/mol. The molecule has 3 rings (SSSR count). The van der Waals surface area contributed by atoms with Crippen molar-refractivity contribution in [3.8, 4) is 5.75 Å². The Morgan fingerprint density at radius 2 is 2.09 bits per heavy atom. The van der Waals surface area contributed by atoms with Crippen LogP contribution in [0.25, 0.3) is 16.5 Å². The summed E-state index contributed by atoms with van der Waals surface area (Å²) in [7, 11) is 1.61. The third-order valence-corrected chi connectivity index (χ3v) is 3.78. The average molecular weight is 301 g/mol. The maximum Gasteiger partial charge on any atom is 0.247 e. The largest absolute Gasteiger partial charge is 0.493 e. The third kappa shape index (κ3) is 2.85. The SMILES string of the molecule is COc1cccc2cc(/C(C)=C/C(=O)N3CCOCC3)oc12. The predicted octanol–water partition coefficient (Wildman–Crippen LogP) is 2.70. The Morgan fingerprint density at radius 3 is 2.82 bits per heavy atom. The van der Waals surface area contributed by atoms with E-state index < -0.39 is 0 Å². The van der Waals surface area contributed by atoms with Gasteiger partial charge >= 0.3 is 0 Å². The van der Waals surface area contributed by atoms with E-state index in [4.69, 9.17) is 13.9 Å². The molecular weight excluding hydrogens is 282 g/mol. The van der Waals surface area contributed by atoms with Gasteiger partial charge in [-0.3, -0.25) is 4.79 Å². The third-order valence-electron chi connectivity index (χ3n) is 3.78. The number of methoxy groups -OCH3 is 1. The molecule has 1 amide bonds. The highest BCUT2D eigenvalue weighted by molar-refractivity contribution is 5.96. The molecule has 5 nitrogen and oxygen atoms in total. The number of hydrogen-bond donors (Lipinski definition) is 0. The van der Waals surface area contributed by atoms with Crippen LogP contribution in [0.3, 0.4) is 0 Å². The van der Waals surface area contributed by atoms with Gasteiger partial charge in [0.2, 0.25) is 5.91 Å². The van der Waals surface area contributed by atoms with Crippen molar-refractivity contribution in [3.05, 3.63) is 36.1 Å². The van der Waals surface area contributed by atoms with Gasteiger partial charge in [-0.2, -0.15) is 0 Å². The summed E-state index contributed by atoms with van der Waals surface area (Å²) < 4.78 is 16.4. The van der Waals surface area contributed by atoms with Crippen molar-refractivity contribution in [3.63, 3.8) is 0 Å². The van der Waals surface area contributed by atoms with Crippen LogP contribution in [0.2, 0.25) is 0 Å². The molecule has 1 aliphatic heterocycles. The molecule has 1 aromatic heterocycles. The second-order valence-corrected chi connectivity index (χ2v) is 5.25. The summed E-state index contributed by atoms with van der Waals surface area (Å²) in [6, 6.07) is 7.66. The fourth-order valence-corrected chi connectivity index (χ4v) is 2.52. The molecule has 0 radical (unpaired) electrons. The van der Waals surface area contributed by atoms with Crippen LogP contribution in [0.1, 0.15) is 12.7 Å². The zero-order chi connectivity index (χ0) is 15.5. The lowest BCUT2D eigenvalue weighted by Crippen LogP contribution is -2.39. The molecule has 0 spiro atoms. The van der Waals surface area contributed by atoms with E-state index in [1.54, 1.807) is 18.1 Å². The second kappa shape index (κ2) is 6.23. The Kier molecular flexibility index (Phi) is 4.15.